The lowest BCUT2D eigenvalue weighted by Crippen LogP contribution is -2.24. The number of halogens is 2. The summed E-state index contributed by atoms with van der Waals surface area (Å²) in [7, 11) is -3.83. The molecule has 158 valence electrons. The molecule has 1 N–H and O–H groups in total. The van der Waals surface area contributed by atoms with E-state index in [2.05, 4.69) is 15.0 Å². The number of aromatic nitrogens is 3. The van der Waals surface area contributed by atoms with Crippen molar-refractivity contribution in [3.8, 4) is 16.9 Å². The van der Waals surface area contributed by atoms with Gasteiger partial charge in [-0.3, -0.25) is 4.79 Å². The third-order valence-electron chi connectivity index (χ3n) is 4.33. The SMILES string of the molecule is O=c1c(Cl)c(Cl)cnn1-c1ccc(S(=O)(=O)NCc2cc(-c3ccccc3)no2)cc1. The van der Waals surface area contributed by atoms with Gasteiger partial charge in [-0.2, -0.15) is 9.78 Å². The lowest BCUT2D eigenvalue weighted by atomic mass is 10.1. The average Bonchev–Trinajstić information content (AvgIpc) is 3.26. The molecule has 4 aromatic rings. The molecule has 4 rings (SSSR count). The molecule has 2 aromatic carbocycles. The van der Waals surface area contributed by atoms with Crippen LogP contribution in [-0.4, -0.2) is 23.4 Å². The van der Waals surface area contributed by atoms with Crippen molar-refractivity contribution in [3.63, 3.8) is 0 Å². The summed E-state index contributed by atoms with van der Waals surface area (Å²) in [4.78, 5) is 12.2. The van der Waals surface area contributed by atoms with Crippen molar-refractivity contribution in [3.05, 3.63) is 93.0 Å². The van der Waals surface area contributed by atoms with Crippen molar-refractivity contribution < 1.29 is 12.9 Å². The minimum absolute atomic E-state index is 0.00663. The molecule has 0 aliphatic carbocycles. The molecule has 0 aliphatic rings. The highest BCUT2D eigenvalue weighted by atomic mass is 35.5. The van der Waals surface area contributed by atoms with E-state index in [9.17, 15) is 13.2 Å². The zero-order valence-electron chi connectivity index (χ0n) is 15.7. The third kappa shape index (κ3) is 4.54. The first-order chi connectivity index (χ1) is 14.8. The van der Waals surface area contributed by atoms with Gasteiger partial charge in [-0.25, -0.2) is 13.1 Å². The summed E-state index contributed by atoms with van der Waals surface area (Å²) < 4.78 is 33.9. The number of rotatable bonds is 6. The van der Waals surface area contributed by atoms with Gasteiger partial charge in [0.1, 0.15) is 10.7 Å². The van der Waals surface area contributed by atoms with E-state index in [1.807, 2.05) is 30.3 Å². The Bertz CT molecular complexity index is 1380. The second-order valence-electron chi connectivity index (χ2n) is 6.39. The third-order valence-corrected chi connectivity index (χ3v) is 6.50. The topological polar surface area (TPSA) is 107 Å². The molecule has 0 atom stereocenters. The van der Waals surface area contributed by atoms with Crippen LogP contribution in [0.2, 0.25) is 10.0 Å². The van der Waals surface area contributed by atoms with Gasteiger partial charge in [-0.05, 0) is 24.3 Å². The van der Waals surface area contributed by atoms with Gasteiger partial charge in [0.2, 0.25) is 10.0 Å². The Morgan fingerprint density at radius 3 is 2.45 bits per heavy atom. The Hall–Kier alpha value is -2.98. The van der Waals surface area contributed by atoms with Crippen LogP contribution in [0.15, 0.2) is 81.1 Å². The Morgan fingerprint density at radius 1 is 1.03 bits per heavy atom. The number of nitrogens with one attached hydrogen (secondary N) is 1. The molecule has 0 saturated heterocycles. The first kappa shape index (κ1) is 21.3. The maximum Gasteiger partial charge on any atom is 0.291 e. The van der Waals surface area contributed by atoms with E-state index in [0.29, 0.717) is 17.1 Å². The second kappa shape index (κ2) is 8.64. The molecule has 31 heavy (non-hydrogen) atoms. The van der Waals surface area contributed by atoms with E-state index in [1.165, 1.54) is 30.5 Å². The zero-order chi connectivity index (χ0) is 22.0. The van der Waals surface area contributed by atoms with Gasteiger partial charge in [0, 0.05) is 11.6 Å². The van der Waals surface area contributed by atoms with Crippen LogP contribution < -0.4 is 10.3 Å². The Labute approximate surface area is 187 Å². The van der Waals surface area contributed by atoms with Crippen LogP contribution >= 0.6 is 23.2 Å². The van der Waals surface area contributed by atoms with Gasteiger partial charge in [0.25, 0.3) is 5.56 Å². The Kier molecular flexibility index (Phi) is 5.92. The predicted molar refractivity (Wildman–Crippen MR) is 116 cm³/mol. The van der Waals surface area contributed by atoms with Crippen molar-refractivity contribution in [1.29, 1.82) is 0 Å². The van der Waals surface area contributed by atoms with E-state index in [4.69, 9.17) is 27.7 Å². The van der Waals surface area contributed by atoms with Crippen molar-refractivity contribution >= 4 is 33.2 Å². The molecule has 0 fully saturated rings. The summed E-state index contributed by atoms with van der Waals surface area (Å²) in [5, 5.41) is 7.73. The zero-order valence-corrected chi connectivity index (χ0v) is 18.0. The van der Waals surface area contributed by atoms with Gasteiger partial charge in [-0.1, -0.05) is 58.7 Å². The lowest BCUT2D eigenvalue weighted by Gasteiger charge is -2.08. The Morgan fingerprint density at radius 2 is 1.74 bits per heavy atom. The van der Waals surface area contributed by atoms with Crippen LogP contribution in [-0.2, 0) is 16.6 Å². The lowest BCUT2D eigenvalue weighted by molar-refractivity contribution is 0.382. The number of hydrogen-bond donors (Lipinski definition) is 1. The second-order valence-corrected chi connectivity index (χ2v) is 8.94. The van der Waals surface area contributed by atoms with Crippen molar-refractivity contribution in [1.82, 2.24) is 19.7 Å². The quantitative estimate of drug-likeness (QED) is 0.454. The summed E-state index contributed by atoms with van der Waals surface area (Å²) in [5.74, 6) is 0.366. The van der Waals surface area contributed by atoms with E-state index in [0.717, 1.165) is 10.2 Å². The number of nitrogens with zero attached hydrogens (tertiary/aromatic N) is 3. The van der Waals surface area contributed by atoms with Gasteiger partial charge < -0.3 is 4.52 Å². The standard InChI is InChI=1S/C20H14Cl2N4O4S/c21-17-12-23-26(20(27)19(17)22)14-6-8-16(9-7-14)31(28,29)24-11-15-10-18(25-30-15)13-4-2-1-3-5-13/h1-10,12,24H,11H2. The van der Waals surface area contributed by atoms with Gasteiger partial charge in [-0.15, -0.1) is 0 Å². The highest BCUT2D eigenvalue weighted by molar-refractivity contribution is 7.89. The van der Waals surface area contributed by atoms with Crippen molar-refractivity contribution in [2.24, 2.45) is 0 Å². The fraction of sp³-hybridized carbons (Fsp3) is 0.0500. The summed E-state index contributed by atoms with van der Waals surface area (Å²) in [6.07, 6.45) is 1.23. The maximum absolute atomic E-state index is 12.6. The summed E-state index contributed by atoms with van der Waals surface area (Å²) in [5.41, 5.74) is 1.20. The van der Waals surface area contributed by atoms with Crippen molar-refractivity contribution in [2.75, 3.05) is 0 Å². The first-order valence-corrected chi connectivity index (χ1v) is 11.1. The predicted octanol–water partition coefficient (Wildman–Crippen LogP) is 3.67. The molecule has 2 aromatic heterocycles. The molecular formula is C20H14Cl2N4O4S. The van der Waals surface area contributed by atoms with Crippen LogP contribution in [0.4, 0.5) is 0 Å². The van der Waals surface area contributed by atoms with Gasteiger partial charge >= 0.3 is 0 Å². The first-order valence-electron chi connectivity index (χ1n) is 8.89. The molecule has 0 unspecified atom stereocenters. The molecule has 0 saturated carbocycles. The van der Waals surface area contributed by atoms with Gasteiger partial charge in [0.15, 0.2) is 5.76 Å². The molecule has 0 bridgehead atoms. The van der Waals surface area contributed by atoms with Crippen LogP contribution in [0.3, 0.4) is 0 Å². The highest BCUT2D eigenvalue weighted by Crippen LogP contribution is 2.20. The fourth-order valence-corrected chi connectivity index (χ4v) is 4.00. The van der Waals surface area contributed by atoms with E-state index >= 15 is 0 Å². The molecular weight excluding hydrogens is 463 g/mol. The largest absolute Gasteiger partial charge is 0.359 e. The molecule has 11 heteroatoms. The molecule has 2 heterocycles. The Balaban J connectivity index is 1.49. The van der Waals surface area contributed by atoms with E-state index in [1.54, 1.807) is 6.07 Å². The summed E-state index contributed by atoms with van der Waals surface area (Å²) >= 11 is 11.6. The minimum Gasteiger partial charge on any atom is -0.359 e. The van der Waals surface area contributed by atoms with Crippen LogP contribution in [0, 0.1) is 0 Å². The number of benzene rings is 2. The van der Waals surface area contributed by atoms with Gasteiger partial charge in [0.05, 0.1) is 28.3 Å². The fourth-order valence-electron chi connectivity index (χ4n) is 2.75. The summed E-state index contributed by atoms with van der Waals surface area (Å²) in [6, 6.07) is 16.6. The highest BCUT2D eigenvalue weighted by Gasteiger charge is 2.16. The molecule has 8 nitrogen and oxygen atoms in total. The average molecular weight is 477 g/mol. The minimum atomic E-state index is -3.83. The van der Waals surface area contributed by atoms with E-state index < -0.39 is 15.6 Å². The normalized spacial score (nSPS) is 11.5. The van der Waals surface area contributed by atoms with Crippen LogP contribution in [0.25, 0.3) is 16.9 Å². The maximum atomic E-state index is 12.6. The molecule has 0 radical (unpaired) electrons. The number of hydrogen-bond acceptors (Lipinski definition) is 6. The van der Waals surface area contributed by atoms with E-state index in [-0.39, 0.29) is 21.5 Å². The molecule has 0 amide bonds. The summed E-state index contributed by atoms with van der Waals surface area (Å²) in [6.45, 7) is -0.0717. The number of sulfonamides is 1. The van der Waals surface area contributed by atoms with Crippen LogP contribution in [0.5, 0.6) is 0 Å². The molecule has 0 spiro atoms. The smallest absolute Gasteiger partial charge is 0.291 e. The molecule has 0 aliphatic heterocycles. The monoisotopic (exact) mass is 476 g/mol. The van der Waals surface area contributed by atoms with Crippen LogP contribution in [0.1, 0.15) is 5.76 Å². The van der Waals surface area contributed by atoms with Crippen molar-refractivity contribution in [2.45, 2.75) is 11.4 Å².